The number of ether oxygens (including phenoxy) is 1. The molecule has 0 aromatic heterocycles. The molecule has 104 valence electrons. The van der Waals surface area contributed by atoms with E-state index in [4.69, 9.17) is 4.74 Å². The van der Waals surface area contributed by atoms with E-state index in [0.717, 1.165) is 21.5 Å². The molecule has 0 radical (unpaired) electrons. The van der Waals surface area contributed by atoms with Crippen LogP contribution in [0.5, 0.6) is 0 Å². The Morgan fingerprint density at radius 2 is 1.52 bits per heavy atom. The van der Waals surface area contributed by atoms with Gasteiger partial charge in [0.15, 0.2) is 0 Å². The van der Waals surface area contributed by atoms with Crippen molar-refractivity contribution in [2.75, 3.05) is 6.61 Å². The molecule has 3 aromatic carbocycles. The van der Waals surface area contributed by atoms with Gasteiger partial charge in [0, 0.05) is 5.56 Å². The standard InChI is InChI=1S/C18H14O3/c1-2-21-18(20)17(19)16-11-12-7-3-4-8-13(12)14-9-5-6-10-15(14)16/h3-11H,2H2,1H3. The monoisotopic (exact) mass is 278 g/mol. The summed E-state index contributed by atoms with van der Waals surface area (Å²) in [6, 6.07) is 17.2. The van der Waals surface area contributed by atoms with Gasteiger partial charge >= 0.3 is 5.97 Å². The molecular weight excluding hydrogens is 264 g/mol. The van der Waals surface area contributed by atoms with Crippen LogP contribution in [0.4, 0.5) is 0 Å². The highest BCUT2D eigenvalue weighted by Crippen LogP contribution is 2.29. The Hall–Kier alpha value is -2.68. The molecule has 3 nitrogen and oxygen atoms in total. The van der Waals surface area contributed by atoms with Gasteiger partial charge < -0.3 is 4.74 Å². The van der Waals surface area contributed by atoms with E-state index < -0.39 is 11.8 Å². The number of rotatable bonds is 3. The van der Waals surface area contributed by atoms with E-state index in [1.165, 1.54) is 0 Å². The Balaban J connectivity index is 2.30. The van der Waals surface area contributed by atoms with Crippen LogP contribution in [0.25, 0.3) is 21.5 Å². The Morgan fingerprint density at radius 3 is 2.24 bits per heavy atom. The van der Waals surface area contributed by atoms with Crippen LogP contribution in [0.2, 0.25) is 0 Å². The number of fused-ring (bicyclic) bond motifs is 3. The molecule has 3 aromatic rings. The summed E-state index contributed by atoms with van der Waals surface area (Å²) in [6.45, 7) is 1.87. The van der Waals surface area contributed by atoms with Gasteiger partial charge in [-0.2, -0.15) is 0 Å². The van der Waals surface area contributed by atoms with E-state index in [1.54, 1.807) is 13.0 Å². The van der Waals surface area contributed by atoms with Gasteiger partial charge in [-0.25, -0.2) is 4.79 Å². The maximum absolute atomic E-state index is 12.3. The van der Waals surface area contributed by atoms with Crippen molar-refractivity contribution < 1.29 is 14.3 Å². The normalized spacial score (nSPS) is 10.7. The molecular formula is C18H14O3. The summed E-state index contributed by atoms with van der Waals surface area (Å²) in [5.41, 5.74) is 0.391. The predicted molar refractivity (Wildman–Crippen MR) is 82.4 cm³/mol. The summed E-state index contributed by atoms with van der Waals surface area (Å²) in [7, 11) is 0. The van der Waals surface area contributed by atoms with Crippen LogP contribution in [0, 0.1) is 0 Å². The Labute approximate surface area is 122 Å². The summed E-state index contributed by atoms with van der Waals surface area (Å²) in [6.07, 6.45) is 0. The van der Waals surface area contributed by atoms with E-state index >= 15 is 0 Å². The highest BCUT2D eigenvalue weighted by Gasteiger charge is 2.20. The summed E-state index contributed by atoms with van der Waals surface area (Å²) >= 11 is 0. The molecule has 0 aliphatic rings. The molecule has 3 heteroatoms. The molecule has 0 unspecified atom stereocenters. The number of carbonyl (C=O) groups is 2. The molecule has 21 heavy (non-hydrogen) atoms. The topological polar surface area (TPSA) is 43.4 Å². The average Bonchev–Trinajstić information content (AvgIpc) is 2.53. The van der Waals surface area contributed by atoms with E-state index in [0.29, 0.717) is 5.56 Å². The number of ketones is 1. The third-order valence-corrected chi connectivity index (χ3v) is 3.47. The lowest BCUT2D eigenvalue weighted by molar-refractivity contribution is -0.137. The number of carbonyl (C=O) groups excluding carboxylic acids is 2. The molecule has 3 rings (SSSR count). The van der Waals surface area contributed by atoms with Crippen molar-refractivity contribution in [3.8, 4) is 0 Å². The van der Waals surface area contributed by atoms with Crippen molar-refractivity contribution in [2.45, 2.75) is 6.92 Å². The molecule has 0 spiro atoms. The first-order valence-corrected chi connectivity index (χ1v) is 6.84. The van der Waals surface area contributed by atoms with E-state index in [9.17, 15) is 9.59 Å². The third kappa shape index (κ3) is 2.27. The minimum Gasteiger partial charge on any atom is -0.460 e. The lowest BCUT2D eigenvalue weighted by Gasteiger charge is -2.09. The second kappa shape index (κ2) is 5.37. The van der Waals surface area contributed by atoms with Crippen molar-refractivity contribution >= 4 is 33.3 Å². The summed E-state index contributed by atoms with van der Waals surface area (Å²) in [5.74, 6) is -1.41. The van der Waals surface area contributed by atoms with Gasteiger partial charge in [-0.15, -0.1) is 0 Å². The number of hydrogen-bond donors (Lipinski definition) is 0. The zero-order chi connectivity index (χ0) is 14.8. The molecule has 0 saturated heterocycles. The van der Waals surface area contributed by atoms with Crippen LogP contribution < -0.4 is 0 Å². The SMILES string of the molecule is CCOC(=O)C(=O)c1cc2ccccc2c2ccccc12. The van der Waals surface area contributed by atoms with Gasteiger partial charge in [0.05, 0.1) is 6.61 Å². The predicted octanol–water partition coefficient (Wildman–Crippen LogP) is 3.74. The fourth-order valence-corrected chi connectivity index (χ4v) is 2.55. The van der Waals surface area contributed by atoms with E-state index in [-0.39, 0.29) is 6.61 Å². The maximum atomic E-state index is 12.3. The first-order chi connectivity index (χ1) is 10.2. The molecule has 0 heterocycles. The number of Topliss-reactive ketones (excluding diaryl/α,β-unsaturated/α-hetero) is 1. The lowest BCUT2D eigenvalue weighted by atomic mass is 9.95. The Bertz CT molecular complexity index is 849. The lowest BCUT2D eigenvalue weighted by Crippen LogP contribution is -2.17. The molecule has 0 N–H and O–H groups in total. The van der Waals surface area contributed by atoms with Gasteiger partial charge in [-0.05, 0) is 34.5 Å². The van der Waals surface area contributed by atoms with Gasteiger partial charge in [0.1, 0.15) is 0 Å². The second-order valence-electron chi connectivity index (χ2n) is 4.74. The largest absolute Gasteiger partial charge is 0.460 e. The molecule has 0 bridgehead atoms. The first-order valence-electron chi connectivity index (χ1n) is 6.84. The van der Waals surface area contributed by atoms with Crippen LogP contribution in [0.15, 0.2) is 54.6 Å². The average molecular weight is 278 g/mol. The number of benzene rings is 3. The highest BCUT2D eigenvalue weighted by atomic mass is 16.5. The van der Waals surface area contributed by atoms with Crippen LogP contribution >= 0.6 is 0 Å². The fourth-order valence-electron chi connectivity index (χ4n) is 2.55. The highest BCUT2D eigenvalue weighted by molar-refractivity contribution is 6.43. The molecule has 0 atom stereocenters. The number of esters is 1. The van der Waals surface area contributed by atoms with Crippen molar-refractivity contribution in [1.82, 2.24) is 0 Å². The summed E-state index contributed by atoms with van der Waals surface area (Å²) < 4.78 is 4.83. The molecule has 0 saturated carbocycles. The van der Waals surface area contributed by atoms with Crippen LogP contribution in [-0.4, -0.2) is 18.4 Å². The Kier molecular flexibility index (Phi) is 3.40. The minimum atomic E-state index is -0.807. The second-order valence-corrected chi connectivity index (χ2v) is 4.74. The van der Waals surface area contributed by atoms with Gasteiger partial charge in [-0.3, -0.25) is 4.79 Å². The van der Waals surface area contributed by atoms with E-state index in [1.807, 2.05) is 48.5 Å². The maximum Gasteiger partial charge on any atom is 0.379 e. The minimum absolute atomic E-state index is 0.191. The summed E-state index contributed by atoms with van der Waals surface area (Å²) in [5, 5.41) is 3.73. The van der Waals surface area contributed by atoms with Gasteiger partial charge in [0.25, 0.3) is 5.78 Å². The molecule has 0 fully saturated rings. The van der Waals surface area contributed by atoms with Crippen LogP contribution in [-0.2, 0) is 9.53 Å². The third-order valence-electron chi connectivity index (χ3n) is 3.47. The smallest absolute Gasteiger partial charge is 0.379 e. The molecule has 0 amide bonds. The van der Waals surface area contributed by atoms with Crippen molar-refractivity contribution in [1.29, 1.82) is 0 Å². The quantitative estimate of drug-likeness (QED) is 0.317. The zero-order valence-electron chi connectivity index (χ0n) is 11.6. The fraction of sp³-hybridized carbons (Fsp3) is 0.111. The van der Waals surface area contributed by atoms with Gasteiger partial charge in [-0.1, -0.05) is 48.5 Å². The number of hydrogen-bond acceptors (Lipinski definition) is 3. The van der Waals surface area contributed by atoms with E-state index in [2.05, 4.69) is 0 Å². The molecule has 0 aliphatic heterocycles. The zero-order valence-corrected chi connectivity index (χ0v) is 11.6. The van der Waals surface area contributed by atoms with Crippen LogP contribution in [0.3, 0.4) is 0 Å². The van der Waals surface area contributed by atoms with Crippen molar-refractivity contribution in [3.05, 3.63) is 60.2 Å². The van der Waals surface area contributed by atoms with Crippen molar-refractivity contribution in [2.24, 2.45) is 0 Å². The summed E-state index contributed by atoms with van der Waals surface area (Å²) in [4.78, 5) is 24.1. The van der Waals surface area contributed by atoms with Crippen molar-refractivity contribution in [3.63, 3.8) is 0 Å². The van der Waals surface area contributed by atoms with Gasteiger partial charge in [0.2, 0.25) is 0 Å². The Morgan fingerprint density at radius 1 is 0.905 bits per heavy atom. The first kappa shape index (κ1) is 13.3. The van der Waals surface area contributed by atoms with Crippen LogP contribution in [0.1, 0.15) is 17.3 Å². The molecule has 0 aliphatic carbocycles.